The topological polar surface area (TPSA) is 32.7 Å². The summed E-state index contributed by atoms with van der Waals surface area (Å²) in [6.07, 6.45) is 6.10. The SMILES string of the molecule is Cc1cc(C)c(OC[C@H](O)CN(C)C2CCCCC2)c(C)c1. The zero-order chi connectivity index (χ0) is 16.1. The third-order valence-electron chi connectivity index (χ3n) is 4.72. The van der Waals surface area contributed by atoms with Crippen molar-refractivity contribution in [3.8, 4) is 5.75 Å². The van der Waals surface area contributed by atoms with Crippen molar-refractivity contribution in [2.75, 3.05) is 20.2 Å². The predicted molar refractivity (Wildman–Crippen MR) is 91.7 cm³/mol. The van der Waals surface area contributed by atoms with Crippen LogP contribution in [-0.4, -0.2) is 42.4 Å². The minimum Gasteiger partial charge on any atom is -0.490 e. The van der Waals surface area contributed by atoms with Gasteiger partial charge in [0.1, 0.15) is 18.5 Å². The lowest BCUT2D eigenvalue weighted by Crippen LogP contribution is -2.40. The van der Waals surface area contributed by atoms with E-state index in [0.717, 1.165) is 16.9 Å². The van der Waals surface area contributed by atoms with Crippen molar-refractivity contribution in [3.05, 3.63) is 28.8 Å². The lowest BCUT2D eigenvalue weighted by Gasteiger charge is -2.32. The largest absolute Gasteiger partial charge is 0.490 e. The number of nitrogens with zero attached hydrogens (tertiary/aromatic N) is 1. The van der Waals surface area contributed by atoms with E-state index in [0.29, 0.717) is 19.2 Å². The number of aliphatic hydroxyl groups excluding tert-OH is 1. The fraction of sp³-hybridized carbons (Fsp3) is 0.684. The molecular formula is C19H31NO2. The molecule has 124 valence electrons. The molecule has 0 bridgehead atoms. The van der Waals surface area contributed by atoms with E-state index in [-0.39, 0.29) is 0 Å². The molecule has 0 aliphatic heterocycles. The number of hydrogen-bond donors (Lipinski definition) is 1. The average Bonchev–Trinajstić information content (AvgIpc) is 2.47. The summed E-state index contributed by atoms with van der Waals surface area (Å²) >= 11 is 0. The Kier molecular flexibility index (Phi) is 6.27. The first kappa shape index (κ1) is 17.3. The van der Waals surface area contributed by atoms with Crippen molar-refractivity contribution in [1.29, 1.82) is 0 Å². The van der Waals surface area contributed by atoms with Gasteiger partial charge in [0.15, 0.2) is 0 Å². The van der Waals surface area contributed by atoms with Crippen LogP contribution in [0.3, 0.4) is 0 Å². The maximum Gasteiger partial charge on any atom is 0.125 e. The van der Waals surface area contributed by atoms with Gasteiger partial charge in [-0.3, -0.25) is 0 Å². The Morgan fingerprint density at radius 2 is 1.73 bits per heavy atom. The number of rotatable bonds is 6. The molecule has 0 saturated heterocycles. The van der Waals surface area contributed by atoms with E-state index in [4.69, 9.17) is 4.74 Å². The monoisotopic (exact) mass is 305 g/mol. The smallest absolute Gasteiger partial charge is 0.125 e. The van der Waals surface area contributed by atoms with Crippen LogP contribution >= 0.6 is 0 Å². The van der Waals surface area contributed by atoms with Gasteiger partial charge in [0, 0.05) is 12.6 Å². The predicted octanol–water partition coefficient (Wildman–Crippen LogP) is 3.62. The van der Waals surface area contributed by atoms with E-state index in [1.54, 1.807) is 0 Å². The van der Waals surface area contributed by atoms with E-state index in [1.807, 2.05) is 0 Å². The van der Waals surface area contributed by atoms with Crippen molar-refractivity contribution in [2.45, 2.75) is 65.0 Å². The Labute approximate surface area is 135 Å². The molecule has 1 aromatic rings. The van der Waals surface area contributed by atoms with Crippen LogP contribution in [0.25, 0.3) is 0 Å². The first-order chi connectivity index (χ1) is 10.5. The molecule has 2 rings (SSSR count). The summed E-state index contributed by atoms with van der Waals surface area (Å²) in [5, 5.41) is 10.3. The molecular weight excluding hydrogens is 274 g/mol. The van der Waals surface area contributed by atoms with Crippen LogP contribution in [0.15, 0.2) is 12.1 Å². The van der Waals surface area contributed by atoms with Crippen molar-refractivity contribution in [1.82, 2.24) is 4.90 Å². The van der Waals surface area contributed by atoms with Gasteiger partial charge in [-0.1, -0.05) is 37.0 Å². The van der Waals surface area contributed by atoms with Crippen molar-refractivity contribution in [2.24, 2.45) is 0 Å². The van der Waals surface area contributed by atoms with Gasteiger partial charge in [0.05, 0.1) is 0 Å². The summed E-state index contributed by atoms with van der Waals surface area (Å²) in [5.74, 6) is 0.921. The highest BCUT2D eigenvalue weighted by molar-refractivity contribution is 5.42. The molecule has 1 aliphatic carbocycles. The van der Waals surface area contributed by atoms with Crippen LogP contribution in [-0.2, 0) is 0 Å². The second-order valence-corrected chi connectivity index (χ2v) is 6.92. The Morgan fingerprint density at radius 1 is 1.14 bits per heavy atom. The second-order valence-electron chi connectivity index (χ2n) is 6.92. The summed E-state index contributed by atoms with van der Waals surface area (Å²) in [6, 6.07) is 4.89. The Balaban J connectivity index is 1.83. The first-order valence-electron chi connectivity index (χ1n) is 8.56. The Bertz CT molecular complexity index is 457. The maximum atomic E-state index is 10.3. The van der Waals surface area contributed by atoms with Gasteiger partial charge in [-0.05, 0) is 51.8 Å². The van der Waals surface area contributed by atoms with Crippen molar-refractivity contribution >= 4 is 0 Å². The zero-order valence-corrected chi connectivity index (χ0v) is 14.6. The standard InChI is InChI=1S/C19H31NO2/c1-14-10-15(2)19(16(3)11-14)22-13-18(21)12-20(4)17-8-6-5-7-9-17/h10-11,17-18,21H,5-9,12-13H2,1-4H3/t18-/m1/s1. The summed E-state index contributed by atoms with van der Waals surface area (Å²) in [6.45, 7) is 7.28. The van der Waals surface area contributed by atoms with Crippen molar-refractivity contribution in [3.63, 3.8) is 0 Å². The minimum absolute atomic E-state index is 0.363. The van der Waals surface area contributed by atoms with Crippen LogP contribution in [0.2, 0.25) is 0 Å². The fourth-order valence-corrected chi connectivity index (χ4v) is 3.63. The van der Waals surface area contributed by atoms with Crippen LogP contribution in [0.4, 0.5) is 0 Å². The average molecular weight is 305 g/mol. The van der Waals surface area contributed by atoms with E-state index >= 15 is 0 Å². The molecule has 0 aromatic heterocycles. The number of hydrogen-bond acceptors (Lipinski definition) is 3. The molecule has 1 fully saturated rings. The summed E-state index contributed by atoms with van der Waals surface area (Å²) in [7, 11) is 2.13. The number of benzene rings is 1. The Morgan fingerprint density at radius 3 is 2.32 bits per heavy atom. The third kappa shape index (κ3) is 4.72. The van der Waals surface area contributed by atoms with E-state index < -0.39 is 6.10 Å². The van der Waals surface area contributed by atoms with Crippen LogP contribution in [0.5, 0.6) is 5.75 Å². The van der Waals surface area contributed by atoms with Gasteiger partial charge in [-0.2, -0.15) is 0 Å². The summed E-state index contributed by atoms with van der Waals surface area (Å²) < 4.78 is 5.90. The molecule has 3 nitrogen and oxygen atoms in total. The molecule has 0 radical (unpaired) electrons. The lowest BCUT2D eigenvalue weighted by atomic mass is 9.94. The van der Waals surface area contributed by atoms with Gasteiger partial charge in [-0.15, -0.1) is 0 Å². The first-order valence-corrected chi connectivity index (χ1v) is 8.56. The molecule has 1 saturated carbocycles. The summed E-state index contributed by atoms with van der Waals surface area (Å²) in [5.41, 5.74) is 3.54. The third-order valence-corrected chi connectivity index (χ3v) is 4.72. The van der Waals surface area contributed by atoms with Gasteiger partial charge >= 0.3 is 0 Å². The molecule has 22 heavy (non-hydrogen) atoms. The van der Waals surface area contributed by atoms with Crippen LogP contribution in [0.1, 0.15) is 48.8 Å². The highest BCUT2D eigenvalue weighted by Gasteiger charge is 2.20. The van der Waals surface area contributed by atoms with Gasteiger partial charge in [-0.25, -0.2) is 0 Å². The quantitative estimate of drug-likeness (QED) is 0.871. The maximum absolute atomic E-state index is 10.3. The minimum atomic E-state index is -0.438. The molecule has 0 unspecified atom stereocenters. The van der Waals surface area contributed by atoms with E-state index in [1.165, 1.54) is 37.7 Å². The van der Waals surface area contributed by atoms with Gasteiger partial charge in [0.25, 0.3) is 0 Å². The van der Waals surface area contributed by atoms with Gasteiger partial charge < -0.3 is 14.7 Å². The van der Waals surface area contributed by atoms with Gasteiger partial charge in [0.2, 0.25) is 0 Å². The van der Waals surface area contributed by atoms with Crippen LogP contribution in [0, 0.1) is 20.8 Å². The molecule has 3 heteroatoms. The highest BCUT2D eigenvalue weighted by Crippen LogP contribution is 2.25. The van der Waals surface area contributed by atoms with E-state index in [2.05, 4.69) is 44.9 Å². The molecule has 1 aromatic carbocycles. The normalized spacial score (nSPS) is 17.7. The number of aliphatic hydroxyl groups is 1. The second kappa shape index (κ2) is 7.98. The molecule has 1 aliphatic rings. The zero-order valence-electron chi connectivity index (χ0n) is 14.6. The lowest BCUT2D eigenvalue weighted by molar-refractivity contribution is 0.0558. The molecule has 0 heterocycles. The highest BCUT2D eigenvalue weighted by atomic mass is 16.5. The number of likely N-dealkylation sites (N-methyl/N-ethyl adjacent to an activating group) is 1. The molecule has 0 spiro atoms. The summed E-state index contributed by atoms with van der Waals surface area (Å²) in [4.78, 5) is 2.31. The molecule has 0 amide bonds. The van der Waals surface area contributed by atoms with Crippen molar-refractivity contribution < 1.29 is 9.84 Å². The molecule has 1 atom stereocenters. The number of aryl methyl sites for hydroxylation is 3. The number of ether oxygens (including phenoxy) is 1. The molecule has 1 N–H and O–H groups in total. The fourth-order valence-electron chi connectivity index (χ4n) is 3.63. The van der Waals surface area contributed by atoms with Crippen LogP contribution < -0.4 is 4.74 Å². The Hall–Kier alpha value is -1.06. The van der Waals surface area contributed by atoms with E-state index in [9.17, 15) is 5.11 Å².